The van der Waals surface area contributed by atoms with Gasteiger partial charge in [-0.15, -0.1) is 0 Å². The molecule has 0 atom stereocenters. The number of hydrogen-bond acceptors (Lipinski definition) is 0. The molecule has 46 heavy (non-hydrogen) atoms. The van der Waals surface area contributed by atoms with E-state index in [4.69, 9.17) is 0 Å². The maximum Gasteiger partial charge on any atom is -0.000139 e. The van der Waals surface area contributed by atoms with Crippen LogP contribution in [0.4, 0.5) is 0 Å². The van der Waals surface area contributed by atoms with Gasteiger partial charge in [0.1, 0.15) is 0 Å². The Bertz CT molecular complexity index is 2050. The molecule has 0 bridgehead atoms. The van der Waals surface area contributed by atoms with Gasteiger partial charge in [-0.25, -0.2) is 0 Å². The average Bonchev–Trinajstić information content (AvgIpc) is 3.08. The fraction of sp³-hybridized carbons (Fsp3) is 0.0870. The summed E-state index contributed by atoms with van der Waals surface area (Å²) in [7, 11) is 0. The molecule has 0 fully saturated rings. The summed E-state index contributed by atoms with van der Waals surface area (Å²) < 4.78 is 0. The fourth-order valence-electron chi connectivity index (χ4n) is 7.21. The van der Waals surface area contributed by atoms with Gasteiger partial charge in [0, 0.05) is 0 Å². The Hall–Kier alpha value is -5.46. The van der Waals surface area contributed by atoms with E-state index >= 15 is 0 Å². The third-order valence-corrected chi connectivity index (χ3v) is 9.54. The highest BCUT2D eigenvalue weighted by atomic mass is 14.3. The van der Waals surface area contributed by atoms with Crippen molar-refractivity contribution in [1.29, 1.82) is 0 Å². The van der Waals surface area contributed by atoms with Gasteiger partial charge < -0.3 is 0 Å². The molecule has 0 amide bonds. The van der Waals surface area contributed by atoms with E-state index in [1.54, 1.807) is 0 Å². The molecule has 0 aromatic heterocycles. The van der Waals surface area contributed by atoms with Crippen molar-refractivity contribution in [2.45, 2.75) is 27.7 Å². The predicted molar refractivity (Wildman–Crippen MR) is 200 cm³/mol. The Labute approximate surface area is 271 Å². The van der Waals surface area contributed by atoms with Gasteiger partial charge in [0.25, 0.3) is 0 Å². The number of hydrogen-bond donors (Lipinski definition) is 0. The van der Waals surface area contributed by atoms with Crippen molar-refractivity contribution in [3.8, 4) is 44.5 Å². The molecule has 0 N–H and O–H groups in total. The summed E-state index contributed by atoms with van der Waals surface area (Å²) in [5, 5.41) is 7.69. The van der Waals surface area contributed by atoms with E-state index in [9.17, 15) is 0 Å². The minimum Gasteiger partial charge on any atom is -0.0616 e. The standard InChI is InChI=1S/C46H36/c1-29-13-21-33(22-14-29)41-37-9-5-6-10-38(37)43(35-25-17-31(3)18-26-35)46-44(36-27-19-32(4)20-28-36)40-12-8-7-11-39(40)42(45(41)46)34-23-15-30(2)16-24-34/h5-28H,1-4H3. The van der Waals surface area contributed by atoms with E-state index in [2.05, 4.69) is 173 Å². The summed E-state index contributed by atoms with van der Waals surface area (Å²) in [6, 6.07) is 54.5. The summed E-state index contributed by atoms with van der Waals surface area (Å²) in [5.74, 6) is 0. The van der Waals surface area contributed by atoms with Crippen LogP contribution in [0.15, 0.2) is 146 Å². The van der Waals surface area contributed by atoms with Crippen molar-refractivity contribution in [2.24, 2.45) is 0 Å². The smallest absolute Gasteiger partial charge is 0.000139 e. The highest BCUT2D eigenvalue weighted by molar-refractivity contribution is 6.33. The summed E-state index contributed by atoms with van der Waals surface area (Å²) in [6.45, 7) is 8.67. The first-order chi connectivity index (χ1) is 22.5. The Kier molecular flexibility index (Phi) is 6.80. The van der Waals surface area contributed by atoms with Crippen LogP contribution < -0.4 is 0 Å². The van der Waals surface area contributed by atoms with Crippen LogP contribution in [0.25, 0.3) is 76.8 Å². The third kappa shape index (κ3) is 4.61. The molecule has 0 heteroatoms. The van der Waals surface area contributed by atoms with E-state index in [-0.39, 0.29) is 0 Å². The highest BCUT2D eigenvalue weighted by Gasteiger charge is 2.25. The molecule has 0 aliphatic carbocycles. The highest BCUT2D eigenvalue weighted by Crippen LogP contribution is 2.53. The average molecular weight is 589 g/mol. The molecule has 0 unspecified atom stereocenters. The van der Waals surface area contributed by atoms with Crippen LogP contribution in [0.2, 0.25) is 0 Å². The zero-order valence-corrected chi connectivity index (χ0v) is 26.9. The molecule has 0 saturated heterocycles. The predicted octanol–water partition coefficient (Wildman–Crippen LogP) is 13.0. The first-order valence-corrected chi connectivity index (χ1v) is 16.2. The van der Waals surface area contributed by atoms with E-state index in [0.717, 1.165) is 0 Å². The van der Waals surface area contributed by atoms with E-state index in [1.165, 1.54) is 99.1 Å². The topological polar surface area (TPSA) is 0 Å². The van der Waals surface area contributed by atoms with Crippen molar-refractivity contribution >= 4 is 32.3 Å². The van der Waals surface area contributed by atoms with Gasteiger partial charge in [0.15, 0.2) is 0 Å². The molecule has 0 nitrogen and oxygen atoms in total. The Morgan fingerprint density at radius 3 is 0.630 bits per heavy atom. The SMILES string of the molecule is Cc1ccc(-c2c3ccccc3c(-c3ccc(C)cc3)c3c(-c4ccc(C)cc4)c4ccccc4c(-c4ccc(C)cc4)c23)cc1. The lowest BCUT2D eigenvalue weighted by Gasteiger charge is -2.25. The number of rotatable bonds is 4. The lowest BCUT2D eigenvalue weighted by atomic mass is 9.77. The van der Waals surface area contributed by atoms with Gasteiger partial charge in [-0.2, -0.15) is 0 Å². The van der Waals surface area contributed by atoms with Crippen molar-refractivity contribution in [2.75, 3.05) is 0 Å². The lowest BCUT2D eigenvalue weighted by Crippen LogP contribution is -1.98. The Balaban J connectivity index is 1.74. The van der Waals surface area contributed by atoms with Gasteiger partial charge in [-0.3, -0.25) is 0 Å². The Morgan fingerprint density at radius 1 is 0.239 bits per heavy atom. The molecule has 220 valence electrons. The molecule has 0 radical (unpaired) electrons. The van der Waals surface area contributed by atoms with Gasteiger partial charge in [0.2, 0.25) is 0 Å². The minimum absolute atomic E-state index is 1.24. The van der Waals surface area contributed by atoms with E-state index in [0.29, 0.717) is 0 Å². The van der Waals surface area contributed by atoms with Crippen molar-refractivity contribution in [3.05, 3.63) is 168 Å². The maximum absolute atomic E-state index is 2.32. The second kappa shape index (κ2) is 11.2. The zero-order valence-electron chi connectivity index (χ0n) is 26.9. The minimum atomic E-state index is 1.24. The number of aryl methyl sites for hydroxylation is 4. The maximum atomic E-state index is 2.32. The summed E-state index contributed by atoms with van der Waals surface area (Å²) in [6.07, 6.45) is 0. The molecule has 8 aromatic carbocycles. The van der Waals surface area contributed by atoms with Crippen LogP contribution in [0.1, 0.15) is 22.3 Å². The summed E-state index contributed by atoms with van der Waals surface area (Å²) in [5.41, 5.74) is 15.1. The largest absolute Gasteiger partial charge is 0.0616 e. The normalized spacial score (nSPS) is 11.5. The van der Waals surface area contributed by atoms with Crippen LogP contribution in [0.3, 0.4) is 0 Å². The quantitative estimate of drug-likeness (QED) is 0.179. The summed E-state index contributed by atoms with van der Waals surface area (Å²) >= 11 is 0. The Morgan fingerprint density at radius 2 is 0.435 bits per heavy atom. The van der Waals surface area contributed by atoms with Gasteiger partial charge in [-0.1, -0.05) is 168 Å². The van der Waals surface area contributed by atoms with Gasteiger partial charge >= 0.3 is 0 Å². The monoisotopic (exact) mass is 588 g/mol. The summed E-state index contributed by atoms with van der Waals surface area (Å²) in [4.78, 5) is 0. The molecule has 0 aliphatic heterocycles. The molecule has 8 rings (SSSR count). The van der Waals surface area contributed by atoms with E-state index < -0.39 is 0 Å². The molecule has 0 spiro atoms. The van der Waals surface area contributed by atoms with Crippen molar-refractivity contribution in [3.63, 3.8) is 0 Å². The number of benzene rings is 8. The molecular formula is C46H36. The zero-order chi connectivity index (χ0) is 31.4. The molecule has 8 aromatic rings. The van der Waals surface area contributed by atoms with Crippen LogP contribution in [-0.2, 0) is 0 Å². The fourth-order valence-corrected chi connectivity index (χ4v) is 7.21. The first kappa shape index (κ1) is 28.0. The lowest BCUT2D eigenvalue weighted by molar-refractivity contribution is 1.47. The molecule has 0 saturated carbocycles. The van der Waals surface area contributed by atoms with E-state index in [1.807, 2.05) is 0 Å². The second-order valence-corrected chi connectivity index (χ2v) is 12.8. The molecular weight excluding hydrogens is 553 g/mol. The van der Waals surface area contributed by atoms with Crippen LogP contribution in [0, 0.1) is 27.7 Å². The van der Waals surface area contributed by atoms with Crippen LogP contribution in [-0.4, -0.2) is 0 Å². The van der Waals surface area contributed by atoms with Crippen LogP contribution in [0.5, 0.6) is 0 Å². The van der Waals surface area contributed by atoms with Gasteiger partial charge in [-0.05, 0) is 105 Å². The van der Waals surface area contributed by atoms with Crippen LogP contribution >= 0.6 is 0 Å². The number of fused-ring (bicyclic) bond motifs is 3. The second-order valence-electron chi connectivity index (χ2n) is 12.8. The van der Waals surface area contributed by atoms with Crippen molar-refractivity contribution < 1.29 is 0 Å². The van der Waals surface area contributed by atoms with Gasteiger partial charge in [0.05, 0.1) is 0 Å². The molecule has 0 heterocycles. The molecule has 0 aliphatic rings. The first-order valence-electron chi connectivity index (χ1n) is 16.2. The third-order valence-electron chi connectivity index (χ3n) is 9.54. The van der Waals surface area contributed by atoms with Crippen molar-refractivity contribution in [1.82, 2.24) is 0 Å².